The molecule has 1 aromatic heterocycles. The first kappa shape index (κ1) is 16.1. The molecule has 24 heavy (non-hydrogen) atoms. The summed E-state index contributed by atoms with van der Waals surface area (Å²) in [6.07, 6.45) is 2.21. The second-order valence-corrected chi connectivity index (χ2v) is 5.84. The van der Waals surface area contributed by atoms with E-state index in [4.69, 9.17) is 9.47 Å². The molecule has 0 radical (unpaired) electrons. The first-order valence-electron chi connectivity index (χ1n) is 7.93. The number of aromatic nitrogens is 1. The molecule has 2 heterocycles. The summed E-state index contributed by atoms with van der Waals surface area (Å²) in [5, 5.41) is 2.89. The van der Waals surface area contributed by atoms with Gasteiger partial charge in [0.15, 0.2) is 11.5 Å². The van der Waals surface area contributed by atoms with Crippen molar-refractivity contribution < 1.29 is 14.3 Å². The number of para-hydroxylation sites is 2. The number of amides is 1. The van der Waals surface area contributed by atoms with Crippen molar-refractivity contribution in [2.24, 2.45) is 0 Å². The van der Waals surface area contributed by atoms with E-state index in [1.165, 1.54) is 0 Å². The molecule has 2 aromatic rings. The molecular formula is C18H21N3O3. The standard InChI is InChI=1S/C18H21N3O3/c1-21(2)17-8-7-13(11-20-17)18(22)19-10-9-14-12-23-15-5-3-4-6-16(15)24-14/h3-8,11,14H,9-10,12H2,1-2H3,(H,19,22). The number of rotatable bonds is 5. The molecule has 0 aliphatic carbocycles. The van der Waals surface area contributed by atoms with Crippen molar-refractivity contribution in [2.75, 3.05) is 32.1 Å². The molecule has 1 atom stereocenters. The predicted molar refractivity (Wildman–Crippen MR) is 91.9 cm³/mol. The van der Waals surface area contributed by atoms with Crippen molar-refractivity contribution in [1.82, 2.24) is 10.3 Å². The first-order valence-corrected chi connectivity index (χ1v) is 7.93. The molecular weight excluding hydrogens is 306 g/mol. The highest BCUT2D eigenvalue weighted by atomic mass is 16.6. The molecule has 1 amide bonds. The van der Waals surface area contributed by atoms with Crippen LogP contribution in [0.4, 0.5) is 5.82 Å². The van der Waals surface area contributed by atoms with Crippen LogP contribution in [-0.4, -0.2) is 44.2 Å². The molecule has 0 bridgehead atoms. The molecule has 0 fully saturated rings. The molecule has 6 nitrogen and oxygen atoms in total. The fourth-order valence-electron chi connectivity index (χ4n) is 2.44. The number of pyridine rings is 1. The van der Waals surface area contributed by atoms with Crippen LogP contribution in [0.1, 0.15) is 16.8 Å². The van der Waals surface area contributed by atoms with Crippen LogP contribution in [-0.2, 0) is 0 Å². The van der Waals surface area contributed by atoms with Gasteiger partial charge in [-0.05, 0) is 24.3 Å². The van der Waals surface area contributed by atoms with Crippen LogP contribution in [0.5, 0.6) is 11.5 Å². The van der Waals surface area contributed by atoms with Crippen molar-refractivity contribution in [3.05, 3.63) is 48.2 Å². The lowest BCUT2D eigenvalue weighted by atomic mass is 10.2. The summed E-state index contributed by atoms with van der Waals surface area (Å²) in [7, 11) is 3.82. The van der Waals surface area contributed by atoms with Gasteiger partial charge in [-0.3, -0.25) is 4.79 Å². The second-order valence-electron chi connectivity index (χ2n) is 5.84. The molecule has 1 aromatic carbocycles. The zero-order chi connectivity index (χ0) is 16.9. The van der Waals surface area contributed by atoms with Gasteiger partial charge in [-0.2, -0.15) is 0 Å². The predicted octanol–water partition coefficient (Wildman–Crippen LogP) is 2.11. The number of nitrogens with one attached hydrogen (secondary N) is 1. The van der Waals surface area contributed by atoms with Crippen LogP contribution in [0.3, 0.4) is 0 Å². The Morgan fingerprint density at radius 2 is 2.04 bits per heavy atom. The minimum Gasteiger partial charge on any atom is -0.486 e. The Kier molecular flexibility index (Phi) is 4.84. The zero-order valence-electron chi connectivity index (χ0n) is 13.9. The number of carbonyl (C=O) groups excluding carboxylic acids is 1. The number of hydrogen-bond acceptors (Lipinski definition) is 5. The van der Waals surface area contributed by atoms with Gasteiger partial charge in [0.05, 0.1) is 5.56 Å². The normalized spacial score (nSPS) is 15.7. The number of fused-ring (bicyclic) bond motifs is 1. The number of anilines is 1. The third-order valence-corrected chi connectivity index (χ3v) is 3.79. The Morgan fingerprint density at radius 3 is 2.75 bits per heavy atom. The Bertz CT molecular complexity index is 701. The molecule has 0 saturated heterocycles. The summed E-state index contributed by atoms with van der Waals surface area (Å²) < 4.78 is 11.5. The average Bonchev–Trinajstić information content (AvgIpc) is 2.61. The van der Waals surface area contributed by atoms with Crippen molar-refractivity contribution in [3.8, 4) is 11.5 Å². The van der Waals surface area contributed by atoms with Crippen LogP contribution in [0.2, 0.25) is 0 Å². The Labute approximate surface area is 141 Å². The van der Waals surface area contributed by atoms with Crippen LogP contribution in [0.15, 0.2) is 42.6 Å². The molecule has 1 aliphatic heterocycles. The van der Waals surface area contributed by atoms with Gasteiger partial charge in [-0.1, -0.05) is 12.1 Å². The molecule has 0 saturated carbocycles. The number of carbonyl (C=O) groups is 1. The number of nitrogens with zero attached hydrogens (tertiary/aromatic N) is 2. The Morgan fingerprint density at radius 1 is 1.25 bits per heavy atom. The van der Waals surface area contributed by atoms with E-state index in [0.29, 0.717) is 25.1 Å². The maximum atomic E-state index is 12.1. The minimum absolute atomic E-state index is 0.0607. The van der Waals surface area contributed by atoms with Gasteiger partial charge in [-0.25, -0.2) is 4.98 Å². The summed E-state index contributed by atoms with van der Waals surface area (Å²) in [5.74, 6) is 2.20. The highest BCUT2D eigenvalue weighted by Gasteiger charge is 2.20. The summed E-state index contributed by atoms with van der Waals surface area (Å²) in [6, 6.07) is 11.2. The van der Waals surface area contributed by atoms with Crippen molar-refractivity contribution in [2.45, 2.75) is 12.5 Å². The van der Waals surface area contributed by atoms with Gasteiger partial charge in [0, 0.05) is 33.3 Å². The minimum atomic E-state index is -0.134. The van der Waals surface area contributed by atoms with Gasteiger partial charge in [0.25, 0.3) is 5.91 Å². The Balaban J connectivity index is 1.47. The summed E-state index contributed by atoms with van der Waals surface area (Å²) >= 11 is 0. The van der Waals surface area contributed by atoms with Crippen LogP contribution in [0.25, 0.3) is 0 Å². The van der Waals surface area contributed by atoms with Gasteiger partial charge in [-0.15, -0.1) is 0 Å². The second kappa shape index (κ2) is 7.21. The number of benzene rings is 1. The molecule has 3 rings (SSSR count). The maximum absolute atomic E-state index is 12.1. The SMILES string of the molecule is CN(C)c1ccc(C(=O)NCCC2COc3ccccc3O2)cn1. The lowest BCUT2D eigenvalue weighted by Crippen LogP contribution is -2.34. The van der Waals surface area contributed by atoms with Gasteiger partial charge >= 0.3 is 0 Å². The molecule has 1 N–H and O–H groups in total. The summed E-state index contributed by atoms with van der Waals surface area (Å²) in [4.78, 5) is 18.3. The monoisotopic (exact) mass is 327 g/mol. The van der Waals surface area contributed by atoms with Crippen LogP contribution < -0.4 is 19.7 Å². The molecule has 6 heteroatoms. The van der Waals surface area contributed by atoms with E-state index in [1.54, 1.807) is 12.3 Å². The fourth-order valence-corrected chi connectivity index (χ4v) is 2.44. The lowest BCUT2D eigenvalue weighted by molar-refractivity contribution is 0.0812. The zero-order valence-corrected chi connectivity index (χ0v) is 13.9. The fraction of sp³-hybridized carbons (Fsp3) is 0.333. The largest absolute Gasteiger partial charge is 0.486 e. The van der Waals surface area contributed by atoms with E-state index < -0.39 is 0 Å². The summed E-state index contributed by atoms with van der Waals surface area (Å²) in [6.45, 7) is 1.01. The summed E-state index contributed by atoms with van der Waals surface area (Å²) in [5.41, 5.74) is 0.548. The lowest BCUT2D eigenvalue weighted by Gasteiger charge is -2.26. The third-order valence-electron chi connectivity index (χ3n) is 3.79. The molecule has 126 valence electrons. The quantitative estimate of drug-likeness (QED) is 0.911. The van der Waals surface area contributed by atoms with Crippen molar-refractivity contribution >= 4 is 11.7 Å². The van der Waals surface area contributed by atoms with E-state index in [0.717, 1.165) is 17.3 Å². The van der Waals surface area contributed by atoms with E-state index in [-0.39, 0.29) is 12.0 Å². The topological polar surface area (TPSA) is 63.7 Å². The van der Waals surface area contributed by atoms with E-state index >= 15 is 0 Å². The van der Waals surface area contributed by atoms with Gasteiger partial charge in [0.2, 0.25) is 0 Å². The van der Waals surface area contributed by atoms with E-state index in [2.05, 4.69) is 10.3 Å². The molecule has 1 unspecified atom stereocenters. The smallest absolute Gasteiger partial charge is 0.252 e. The third kappa shape index (κ3) is 3.76. The van der Waals surface area contributed by atoms with Crippen LogP contribution in [0, 0.1) is 0 Å². The number of hydrogen-bond donors (Lipinski definition) is 1. The number of ether oxygens (including phenoxy) is 2. The average molecular weight is 327 g/mol. The van der Waals surface area contributed by atoms with Crippen LogP contribution >= 0.6 is 0 Å². The van der Waals surface area contributed by atoms with Gasteiger partial charge < -0.3 is 19.7 Å². The van der Waals surface area contributed by atoms with Crippen molar-refractivity contribution in [1.29, 1.82) is 0 Å². The van der Waals surface area contributed by atoms with E-state index in [1.807, 2.05) is 49.3 Å². The molecule has 0 spiro atoms. The van der Waals surface area contributed by atoms with E-state index in [9.17, 15) is 4.79 Å². The highest BCUT2D eigenvalue weighted by molar-refractivity contribution is 5.94. The maximum Gasteiger partial charge on any atom is 0.252 e. The highest BCUT2D eigenvalue weighted by Crippen LogP contribution is 2.31. The van der Waals surface area contributed by atoms with Crippen molar-refractivity contribution in [3.63, 3.8) is 0 Å². The Hall–Kier alpha value is -2.76. The molecule has 1 aliphatic rings. The first-order chi connectivity index (χ1) is 11.6. The van der Waals surface area contributed by atoms with Gasteiger partial charge in [0.1, 0.15) is 18.5 Å².